The Balaban J connectivity index is 2.34. The number of rotatable bonds is 7. The molecule has 0 aliphatic heterocycles. The van der Waals surface area contributed by atoms with E-state index < -0.39 is 17.6 Å². The van der Waals surface area contributed by atoms with Gasteiger partial charge in [0.25, 0.3) is 0 Å². The molecule has 1 unspecified atom stereocenters. The minimum Gasteiger partial charge on any atom is -0.491 e. The summed E-state index contributed by atoms with van der Waals surface area (Å²) in [6.07, 6.45) is -0.708. The lowest BCUT2D eigenvalue weighted by Gasteiger charge is -2.24. The Kier molecular flexibility index (Phi) is 5.32. The molecule has 0 aliphatic carbocycles. The minimum atomic E-state index is -0.842. The van der Waals surface area contributed by atoms with Gasteiger partial charge in [-0.05, 0) is 32.9 Å². The van der Waals surface area contributed by atoms with Crippen molar-refractivity contribution in [3.05, 3.63) is 29.8 Å². The van der Waals surface area contributed by atoms with Crippen molar-refractivity contribution in [3.63, 3.8) is 0 Å². The molecule has 1 aromatic carbocycles. The summed E-state index contributed by atoms with van der Waals surface area (Å²) in [5.74, 6) is 0.248. The molecule has 0 aromatic heterocycles. The number of benzene rings is 1. The van der Waals surface area contributed by atoms with E-state index in [4.69, 9.17) is 10.5 Å². The molecule has 1 aromatic rings. The van der Waals surface area contributed by atoms with Gasteiger partial charge in [-0.3, -0.25) is 4.79 Å². The first-order valence-electron chi connectivity index (χ1n) is 6.24. The van der Waals surface area contributed by atoms with Crippen LogP contribution in [0.15, 0.2) is 24.3 Å². The fourth-order valence-corrected chi connectivity index (χ4v) is 1.35. The number of primary amides is 1. The lowest BCUT2D eigenvalue weighted by molar-refractivity contribution is -0.123. The molecule has 4 N–H and O–H groups in total. The maximum atomic E-state index is 11.1. The summed E-state index contributed by atoms with van der Waals surface area (Å²) in [5.41, 5.74) is 5.53. The highest BCUT2D eigenvalue weighted by atomic mass is 16.5. The highest BCUT2D eigenvalue weighted by Crippen LogP contribution is 2.11. The van der Waals surface area contributed by atoms with Crippen LogP contribution in [0.25, 0.3) is 0 Å². The smallest absolute Gasteiger partial charge is 0.237 e. The second kappa shape index (κ2) is 6.54. The lowest BCUT2D eigenvalue weighted by Crippen LogP contribution is -2.53. The topological polar surface area (TPSA) is 84.6 Å². The monoisotopic (exact) mass is 266 g/mol. The van der Waals surface area contributed by atoms with E-state index in [9.17, 15) is 9.90 Å². The van der Waals surface area contributed by atoms with Gasteiger partial charge in [-0.2, -0.15) is 0 Å². The maximum absolute atomic E-state index is 11.1. The number of aryl methyl sites for hydroxylation is 1. The molecule has 0 aliphatic rings. The molecule has 106 valence electrons. The standard InChI is InChI=1S/C14H22N2O3/c1-10-4-6-12(7-5-10)19-9-11(17)8-16-14(2,3)13(15)18/h4-7,11,16-17H,8-9H2,1-3H3,(H2,15,18). The molecule has 1 rings (SSSR count). The zero-order valence-corrected chi connectivity index (χ0v) is 11.6. The lowest BCUT2D eigenvalue weighted by atomic mass is 10.1. The van der Waals surface area contributed by atoms with Gasteiger partial charge in [0.15, 0.2) is 0 Å². The van der Waals surface area contributed by atoms with E-state index in [2.05, 4.69) is 5.32 Å². The van der Waals surface area contributed by atoms with Crippen molar-refractivity contribution in [2.24, 2.45) is 5.73 Å². The van der Waals surface area contributed by atoms with E-state index in [-0.39, 0.29) is 13.2 Å². The summed E-state index contributed by atoms with van der Waals surface area (Å²) in [5, 5.41) is 12.7. The first-order valence-corrected chi connectivity index (χ1v) is 6.24. The molecule has 0 saturated carbocycles. The first-order chi connectivity index (χ1) is 8.81. The summed E-state index contributed by atoms with van der Waals surface area (Å²) >= 11 is 0. The van der Waals surface area contributed by atoms with Gasteiger partial charge in [0.05, 0.1) is 5.54 Å². The van der Waals surface area contributed by atoms with Crippen molar-refractivity contribution in [2.75, 3.05) is 13.2 Å². The fraction of sp³-hybridized carbons (Fsp3) is 0.500. The number of nitrogens with one attached hydrogen (secondary N) is 1. The molecule has 5 nitrogen and oxygen atoms in total. The highest BCUT2D eigenvalue weighted by Gasteiger charge is 2.24. The molecule has 1 amide bonds. The SMILES string of the molecule is Cc1ccc(OCC(O)CNC(C)(C)C(N)=O)cc1. The Hall–Kier alpha value is -1.59. The number of aliphatic hydroxyl groups is 1. The van der Waals surface area contributed by atoms with Crippen LogP contribution >= 0.6 is 0 Å². The molecule has 0 saturated heterocycles. The molecule has 0 fully saturated rings. The largest absolute Gasteiger partial charge is 0.491 e. The van der Waals surface area contributed by atoms with Crippen LogP contribution in [-0.2, 0) is 4.79 Å². The van der Waals surface area contributed by atoms with Crippen molar-refractivity contribution in [1.29, 1.82) is 0 Å². The van der Waals surface area contributed by atoms with Crippen LogP contribution in [0.2, 0.25) is 0 Å². The molecule has 0 heterocycles. The number of β-amino-alcohol motifs (C(OH)–C–C–N with tert-alkyl or cyclic N) is 1. The minimum absolute atomic E-state index is 0.158. The van der Waals surface area contributed by atoms with Crippen molar-refractivity contribution in [3.8, 4) is 5.75 Å². The highest BCUT2D eigenvalue weighted by molar-refractivity contribution is 5.83. The summed E-state index contributed by atoms with van der Waals surface area (Å²) < 4.78 is 5.44. The third kappa shape index (κ3) is 5.28. The van der Waals surface area contributed by atoms with Crippen molar-refractivity contribution in [1.82, 2.24) is 5.32 Å². The second-order valence-corrected chi connectivity index (χ2v) is 5.15. The summed E-state index contributed by atoms with van der Waals surface area (Å²) in [7, 11) is 0. The van der Waals surface area contributed by atoms with Gasteiger partial charge in [0, 0.05) is 6.54 Å². The van der Waals surface area contributed by atoms with Crippen LogP contribution in [0.4, 0.5) is 0 Å². The molecule has 19 heavy (non-hydrogen) atoms. The van der Waals surface area contributed by atoms with Gasteiger partial charge in [0.1, 0.15) is 18.5 Å². The number of carbonyl (C=O) groups is 1. The predicted molar refractivity (Wildman–Crippen MR) is 74.0 cm³/mol. The number of hydrogen-bond donors (Lipinski definition) is 3. The van der Waals surface area contributed by atoms with E-state index in [1.807, 2.05) is 31.2 Å². The first kappa shape index (κ1) is 15.5. The number of carbonyl (C=O) groups excluding carboxylic acids is 1. The maximum Gasteiger partial charge on any atom is 0.237 e. The van der Waals surface area contributed by atoms with Crippen molar-refractivity contribution >= 4 is 5.91 Å². The van der Waals surface area contributed by atoms with Crippen molar-refractivity contribution in [2.45, 2.75) is 32.4 Å². The van der Waals surface area contributed by atoms with E-state index >= 15 is 0 Å². The third-order valence-electron chi connectivity index (χ3n) is 2.86. The second-order valence-electron chi connectivity index (χ2n) is 5.15. The van der Waals surface area contributed by atoms with Gasteiger partial charge in [-0.25, -0.2) is 0 Å². The Morgan fingerprint density at radius 2 is 2.00 bits per heavy atom. The summed E-state index contributed by atoms with van der Waals surface area (Å²) in [4.78, 5) is 11.1. The average molecular weight is 266 g/mol. The molecule has 1 atom stereocenters. The number of nitrogens with two attached hydrogens (primary N) is 1. The van der Waals surface area contributed by atoms with E-state index in [1.54, 1.807) is 13.8 Å². The van der Waals surface area contributed by atoms with Crippen molar-refractivity contribution < 1.29 is 14.6 Å². The Labute approximate surface area is 113 Å². The van der Waals surface area contributed by atoms with Crippen LogP contribution in [0.3, 0.4) is 0 Å². The van der Waals surface area contributed by atoms with Gasteiger partial charge >= 0.3 is 0 Å². The molecular formula is C14H22N2O3. The van der Waals surface area contributed by atoms with E-state index in [0.717, 1.165) is 5.56 Å². The van der Waals surface area contributed by atoms with Gasteiger partial charge in [0.2, 0.25) is 5.91 Å². The molecule has 0 radical (unpaired) electrons. The van der Waals surface area contributed by atoms with Crippen LogP contribution in [0.1, 0.15) is 19.4 Å². The number of ether oxygens (including phenoxy) is 1. The van der Waals surface area contributed by atoms with Gasteiger partial charge in [-0.15, -0.1) is 0 Å². The molecule has 0 bridgehead atoms. The molecule has 0 spiro atoms. The predicted octanol–water partition coefficient (Wildman–Crippen LogP) is 0.588. The Morgan fingerprint density at radius 1 is 1.42 bits per heavy atom. The zero-order chi connectivity index (χ0) is 14.5. The molecule has 5 heteroatoms. The third-order valence-corrected chi connectivity index (χ3v) is 2.86. The van der Waals surface area contributed by atoms with Crippen LogP contribution < -0.4 is 15.8 Å². The van der Waals surface area contributed by atoms with Gasteiger partial charge in [-0.1, -0.05) is 17.7 Å². The fourth-order valence-electron chi connectivity index (χ4n) is 1.35. The van der Waals surface area contributed by atoms with Gasteiger partial charge < -0.3 is 20.9 Å². The normalized spacial score (nSPS) is 13.1. The zero-order valence-electron chi connectivity index (χ0n) is 11.6. The quantitative estimate of drug-likeness (QED) is 0.674. The van der Waals surface area contributed by atoms with E-state index in [0.29, 0.717) is 5.75 Å². The average Bonchev–Trinajstić information content (AvgIpc) is 2.35. The number of aliphatic hydroxyl groups excluding tert-OH is 1. The van der Waals surface area contributed by atoms with Crippen LogP contribution in [0, 0.1) is 6.92 Å². The number of amides is 1. The number of hydrogen-bond acceptors (Lipinski definition) is 4. The summed E-state index contributed by atoms with van der Waals surface area (Å²) in [6, 6.07) is 7.58. The Morgan fingerprint density at radius 3 is 2.53 bits per heavy atom. The van der Waals surface area contributed by atoms with E-state index in [1.165, 1.54) is 0 Å². The summed E-state index contributed by atoms with van der Waals surface area (Å²) in [6.45, 7) is 5.73. The Bertz CT molecular complexity index is 415. The van der Waals surface area contributed by atoms with Crippen LogP contribution in [0.5, 0.6) is 5.75 Å². The molecular weight excluding hydrogens is 244 g/mol. The van der Waals surface area contributed by atoms with Crippen LogP contribution in [-0.4, -0.2) is 35.8 Å².